The fourth-order valence-corrected chi connectivity index (χ4v) is 5.29. The van der Waals surface area contributed by atoms with Crippen molar-refractivity contribution in [3.05, 3.63) is 65.0 Å². The zero-order valence-electron chi connectivity index (χ0n) is 19.7. The topological polar surface area (TPSA) is 68.3 Å². The van der Waals surface area contributed by atoms with Gasteiger partial charge < -0.3 is 24.0 Å². The number of fused-ring (bicyclic) bond motifs is 1. The van der Waals surface area contributed by atoms with E-state index in [1.165, 1.54) is 11.3 Å². The first-order chi connectivity index (χ1) is 17.1. The molecule has 1 saturated heterocycles. The Bertz CT molecular complexity index is 1200. The molecular formula is C27H28N2O5S. The number of benzene rings is 2. The lowest BCUT2D eigenvalue weighted by atomic mass is 10.1. The number of rotatable bonds is 6. The van der Waals surface area contributed by atoms with E-state index < -0.39 is 0 Å². The van der Waals surface area contributed by atoms with Crippen LogP contribution in [-0.2, 0) is 11.2 Å². The van der Waals surface area contributed by atoms with Crippen LogP contribution in [0.1, 0.15) is 21.7 Å². The van der Waals surface area contributed by atoms with E-state index in [1.807, 2.05) is 64.4 Å². The summed E-state index contributed by atoms with van der Waals surface area (Å²) in [6.07, 6.45) is 1.16. The zero-order valence-corrected chi connectivity index (χ0v) is 20.5. The molecule has 2 amide bonds. The third-order valence-electron chi connectivity index (χ3n) is 6.35. The lowest BCUT2D eigenvalue weighted by molar-refractivity contribution is -0.132. The SMILES string of the molecule is COc1ccc(CCC(=O)N2CCN(C(=O)c3ccc(-c4ccc5c(c4)OCCO5)s3)CC2)cc1. The molecule has 0 radical (unpaired) electrons. The van der Waals surface area contributed by atoms with Gasteiger partial charge in [0.25, 0.3) is 5.91 Å². The molecule has 1 aromatic heterocycles. The summed E-state index contributed by atoms with van der Waals surface area (Å²) in [4.78, 5) is 31.2. The standard InChI is InChI=1S/C27H28N2O5S/c1-32-21-6-2-19(3-7-21)4-11-26(30)28-12-14-29(15-13-28)27(31)25-10-9-24(35-25)20-5-8-22-23(18-20)34-17-16-33-22/h2-3,5-10,18H,4,11-17H2,1H3. The summed E-state index contributed by atoms with van der Waals surface area (Å²) in [6.45, 7) is 3.32. The Kier molecular flexibility index (Phi) is 6.90. The smallest absolute Gasteiger partial charge is 0.264 e. The Morgan fingerprint density at radius 1 is 0.886 bits per heavy atom. The van der Waals surface area contributed by atoms with Crippen LogP contribution >= 0.6 is 11.3 Å². The van der Waals surface area contributed by atoms with Crippen LogP contribution in [0.3, 0.4) is 0 Å². The van der Waals surface area contributed by atoms with Crippen LogP contribution in [0.2, 0.25) is 0 Å². The monoisotopic (exact) mass is 492 g/mol. The molecule has 0 bridgehead atoms. The van der Waals surface area contributed by atoms with E-state index in [9.17, 15) is 9.59 Å². The van der Waals surface area contributed by atoms with E-state index in [2.05, 4.69) is 0 Å². The van der Waals surface area contributed by atoms with Gasteiger partial charge in [-0.1, -0.05) is 12.1 Å². The molecule has 2 aromatic carbocycles. The third kappa shape index (κ3) is 5.27. The maximum Gasteiger partial charge on any atom is 0.264 e. The van der Waals surface area contributed by atoms with Crippen LogP contribution in [0.4, 0.5) is 0 Å². The first-order valence-electron chi connectivity index (χ1n) is 11.8. The van der Waals surface area contributed by atoms with Gasteiger partial charge in [-0.05, 0) is 60.0 Å². The number of methoxy groups -OCH3 is 1. The van der Waals surface area contributed by atoms with Crippen LogP contribution < -0.4 is 14.2 Å². The Hall–Kier alpha value is -3.52. The van der Waals surface area contributed by atoms with Crippen molar-refractivity contribution in [2.24, 2.45) is 0 Å². The second-order valence-corrected chi connectivity index (χ2v) is 9.63. The van der Waals surface area contributed by atoms with Crippen molar-refractivity contribution in [1.29, 1.82) is 0 Å². The molecule has 1 fully saturated rings. The number of amides is 2. The molecule has 182 valence electrons. The van der Waals surface area contributed by atoms with Crippen LogP contribution in [-0.4, -0.2) is 68.1 Å². The van der Waals surface area contributed by atoms with E-state index in [4.69, 9.17) is 14.2 Å². The van der Waals surface area contributed by atoms with Gasteiger partial charge >= 0.3 is 0 Å². The highest BCUT2D eigenvalue weighted by Gasteiger charge is 2.26. The fraction of sp³-hybridized carbons (Fsp3) is 0.333. The molecule has 0 saturated carbocycles. The number of nitrogens with zero attached hydrogens (tertiary/aromatic N) is 2. The molecular weight excluding hydrogens is 464 g/mol. The summed E-state index contributed by atoms with van der Waals surface area (Å²) in [5.74, 6) is 2.45. The lowest BCUT2D eigenvalue weighted by Crippen LogP contribution is -2.50. The van der Waals surface area contributed by atoms with Gasteiger partial charge in [-0.25, -0.2) is 0 Å². The Morgan fingerprint density at radius 2 is 1.60 bits per heavy atom. The Balaban J connectivity index is 1.14. The summed E-state index contributed by atoms with van der Waals surface area (Å²) in [6, 6.07) is 17.5. The van der Waals surface area contributed by atoms with Gasteiger partial charge in [-0.3, -0.25) is 9.59 Å². The van der Waals surface area contributed by atoms with E-state index in [0.717, 1.165) is 33.3 Å². The predicted molar refractivity (Wildman–Crippen MR) is 135 cm³/mol. The zero-order chi connectivity index (χ0) is 24.2. The van der Waals surface area contributed by atoms with Crippen molar-refractivity contribution >= 4 is 23.2 Å². The second kappa shape index (κ2) is 10.4. The van der Waals surface area contributed by atoms with Gasteiger partial charge in [0, 0.05) is 37.5 Å². The largest absolute Gasteiger partial charge is 0.497 e. The first-order valence-corrected chi connectivity index (χ1v) is 12.6. The molecule has 7 nitrogen and oxygen atoms in total. The van der Waals surface area contributed by atoms with Gasteiger partial charge in [0.1, 0.15) is 19.0 Å². The minimum atomic E-state index is 0.0177. The molecule has 8 heteroatoms. The van der Waals surface area contributed by atoms with Crippen molar-refractivity contribution in [2.45, 2.75) is 12.8 Å². The number of carbonyl (C=O) groups is 2. The van der Waals surface area contributed by atoms with Crippen molar-refractivity contribution in [3.63, 3.8) is 0 Å². The van der Waals surface area contributed by atoms with E-state index >= 15 is 0 Å². The Labute approximate surface area is 208 Å². The number of carbonyl (C=O) groups excluding carboxylic acids is 2. The predicted octanol–water partition coefficient (Wildman–Crippen LogP) is 4.11. The highest BCUT2D eigenvalue weighted by molar-refractivity contribution is 7.17. The number of ether oxygens (including phenoxy) is 3. The van der Waals surface area contributed by atoms with Gasteiger partial charge in [0.15, 0.2) is 11.5 Å². The van der Waals surface area contributed by atoms with Crippen molar-refractivity contribution in [2.75, 3.05) is 46.5 Å². The average molecular weight is 493 g/mol. The number of thiophene rings is 1. The minimum Gasteiger partial charge on any atom is -0.497 e. The fourth-order valence-electron chi connectivity index (χ4n) is 4.32. The number of hydrogen-bond acceptors (Lipinski definition) is 6. The first kappa shape index (κ1) is 23.2. The normalized spacial score (nSPS) is 15.1. The number of piperazine rings is 1. The highest BCUT2D eigenvalue weighted by Crippen LogP contribution is 2.37. The summed E-state index contributed by atoms with van der Waals surface area (Å²) < 4.78 is 16.5. The van der Waals surface area contributed by atoms with Crippen LogP contribution in [0.15, 0.2) is 54.6 Å². The Morgan fingerprint density at radius 3 is 2.34 bits per heavy atom. The van der Waals surface area contributed by atoms with E-state index in [-0.39, 0.29) is 11.8 Å². The van der Waals surface area contributed by atoms with Gasteiger partial charge in [-0.15, -0.1) is 11.3 Å². The average Bonchev–Trinajstić information content (AvgIpc) is 3.42. The second-order valence-electron chi connectivity index (χ2n) is 8.54. The summed E-state index contributed by atoms with van der Waals surface area (Å²) in [7, 11) is 1.64. The van der Waals surface area contributed by atoms with Crippen molar-refractivity contribution in [3.8, 4) is 27.7 Å². The molecule has 5 rings (SSSR count). The number of hydrogen-bond donors (Lipinski definition) is 0. The quantitative estimate of drug-likeness (QED) is 0.518. The van der Waals surface area contributed by atoms with Crippen molar-refractivity contribution in [1.82, 2.24) is 9.80 Å². The van der Waals surface area contributed by atoms with Gasteiger partial charge in [0.2, 0.25) is 5.91 Å². The minimum absolute atomic E-state index is 0.0177. The van der Waals surface area contributed by atoms with Crippen LogP contribution in [0.5, 0.6) is 17.2 Å². The molecule has 0 N–H and O–H groups in total. The van der Waals surface area contributed by atoms with Crippen molar-refractivity contribution < 1.29 is 23.8 Å². The maximum atomic E-state index is 13.1. The van der Waals surface area contributed by atoms with Crippen LogP contribution in [0.25, 0.3) is 10.4 Å². The maximum absolute atomic E-state index is 13.1. The molecule has 0 spiro atoms. The molecule has 2 aliphatic heterocycles. The van der Waals surface area contributed by atoms with Gasteiger partial charge in [0.05, 0.1) is 12.0 Å². The van der Waals surface area contributed by atoms with E-state index in [1.54, 1.807) is 7.11 Å². The highest BCUT2D eigenvalue weighted by atomic mass is 32.1. The van der Waals surface area contributed by atoms with E-state index in [0.29, 0.717) is 57.1 Å². The third-order valence-corrected chi connectivity index (χ3v) is 7.47. The summed E-state index contributed by atoms with van der Waals surface area (Å²) >= 11 is 1.48. The number of aryl methyl sites for hydroxylation is 1. The molecule has 35 heavy (non-hydrogen) atoms. The van der Waals surface area contributed by atoms with Crippen LogP contribution in [0, 0.1) is 0 Å². The lowest BCUT2D eigenvalue weighted by Gasteiger charge is -2.34. The molecule has 0 aliphatic carbocycles. The molecule has 3 aromatic rings. The molecule has 0 atom stereocenters. The summed E-state index contributed by atoms with van der Waals surface area (Å²) in [5.41, 5.74) is 2.12. The van der Waals surface area contributed by atoms with Gasteiger partial charge in [-0.2, -0.15) is 0 Å². The molecule has 3 heterocycles. The summed E-state index contributed by atoms with van der Waals surface area (Å²) in [5, 5.41) is 0. The molecule has 0 unspecified atom stereocenters. The molecule has 2 aliphatic rings.